The molecule has 1 atom stereocenters. The number of nitrogens with one attached hydrogen (secondary N) is 1. The van der Waals surface area contributed by atoms with Crippen LogP contribution in [-0.4, -0.2) is 36.8 Å². The molecule has 0 saturated carbocycles. The number of aromatic nitrogens is 1. The van der Waals surface area contributed by atoms with Crippen molar-refractivity contribution >= 4 is 17.4 Å². The largest absolute Gasteiger partial charge is 0.377 e. The molecule has 0 spiro atoms. The zero-order valence-corrected chi connectivity index (χ0v) is 13.3. The van der Waals surface area contributed by atoms with E-state index in [0.29, 0.717) is 12.6 Å². The Balaban J connectivity index is 2.12. The van der Waals surface area contributed by atoms with Crippen LogP contribution in [0.2, 0.25) is 5.02 Å². The zero-order valence-electron chi connectivity index (χ0n) is 12.5. The summed E-state index contributed by atoms with van der Waals surface area (Å²) in [4.78, 5) is 7.00. The van der Waals surface area contributed by atoms with Crippen LogP contribution in [-0.2, 0) is 11.3 Å². The van der Waals surface area contributed by atoms with Gasteiger partial charge in [0.15, 0.2) is 0 Å². The van der Waals surface area contributed by atoms with E-state index in [2.05, 4.69) is 31.0 Å². The Morgan fingerprint density at radius 2 is 2.30 bits per heavy atom. The van der Waals surface area contributed by atoms with Crippen molar-refractivity contribution in [3.05, 3.63) is 22.8 Å². The number of halogens is 1. The number of pyridine rings is 1. The molecule has 2 rings (SSSR count). The van der Waals surface area contributed by atoms with Gasteiger partial charge < -0.3 is 15.0 Å². The molecule has 1 fully saturated rings. The Labute approximate surface area is 126 Å². The zero-order chi connectivity index (χ0) is 14.5. The smallest absolute Gasteiger partial charge is 0.129 e. The van der Waals surface area contributed by atoms with Crippen molar-refractivity contribution in [1.29, 1.82) is 0 Å². The van der Waals surface area contributed by atoms with Crippen molar-refractivity contribution in [2.24, 2.45) is 0 Å². The molecule has 1 aliphatic rings. The molecule has 1 saturated heterocycles. The molecule has 112 valence electrons. The molecule has 0 radical (unpaired) electrons. The third-order valence-electron chi connectivity index (χ3n) is 3.36. The molecule has 4 nitrogen and oxygen atoms in total. The first kappa shape index (κ1) is 15.5. The predicted molar refractivity (Wildman–Crippen MR) is 83.5 cm³/mol. The Hall–Kier alpha value is -0.840. The standard InChI is InChI=1S/C15H24ClN3O/c1-11(2)17-9-14-13(16)5-6-15(18-14)19-7-4-8-20-12(3)10-19/h5-6,11-12,17H,4,7-10H2,1-3H3. The molecular formula is C15H24ClN3O. The molecule has 0 aliphatic carbocycles. The highest BCUT2D eigenvalue weighted by Gasteiger charge is 2.17. The third-order valence-corrected chi connectivity index (χ3v) is 3.70. The summed E-state index contributed by atoms with van der Waals surface area (Å²) >= 11 is 6.23. The average Bonchev–Trinajstić information content (AvgIpc) is 2.62. The summed E-state index contributed by atoms with van der Waals surface area (Å²) in [6.45, 7) is 9.73. The molecule has 1 unspecified atom stereocenters. The van der Waals surface area contributed by atoms with E-state index >= 15 is 0 Å². The third kappa shape index (κ3) is 4.33. The molecule has 0 bridgehead atoms. The van der Waals surface area contributed by atoms with Gasteiger partial charge in [-0.1, -0.05) is 25.4 Å². The van der Waals surface area contributed by atoms with Crippen molar-refractivity contribution in [3.8, 4) is 0 Å². The molecule has 1 aromatic rings. The highest BCUT2D eigenvalue weighted by Crippen LogP contribution is 2.21. The number of rotatable bonds is 4. The van der Waals surface area contributed by atoms with Crippen LogP contribution >= 0.6 is 11.6 Å². The lowest BCUT2D eigenvalue weighted by Crippen LogP contribution is -2.31. The number of hydrogen-bond acceptors (Lipinski definition) is 4. The maximum Gasteiger partial charge on any atom is 0.129 e. The minimum Gasteiger partial charge on any atom is -0.377 e. The van der Waals surface area contributed by atoms with Gasteiger partial charge in [-0.2, -0.15) is 0 Å². The fourth-order valence-electron chi connectivity index (χ4n) is 2.28. The molecule has 5 heteroatoms. The fourth-order valence-corrected chi connectivity index (χ4v) is 2.45. The summed E-state index contributed by atoms with van der Waals surface area (Å²) in [5, 5.41) is 4.09. The Kier molecular flexibility index (Phi) is 5.64. The lowest BCUT2D eigenvalue weighted by molar-refractivity contribution is 0.0820. The summed E-state index contributed by atoms with van der Waals surface area (Å²) in [5.74, 6) is 0.993. The molecule has 0 amide bonds. The van der Waals surface area contributed by atoms with E-state index in [1.807, 2.05) is 12.1 Å². The highest BCUT2D eigenvalue weighted by molar-refractivity contribution is 6.31. The summed E-state index contributed by atoms with van der Waals surface area (Å²) < 4.78 is 5.68. The number of nitrogens with zero attached hydrogens (tertiary/aromatic N) is 2. The van der Waals surface area contributed by atoms with Crippen molar-refractivity contribution in [1.82, 2.24) is 10.3 Å². The molecule has 1 aliphatic heterocycles. The molecule has 0 aromatic carbocycles. The maximum absolute atomic E-state index is 6.23. The van der Waals surface area contributed by atoms with E-state index in [9.17, 15) is 0 Å². The predicted octanol–water partition coefficient (Wildman–Crippen LogP) is 2.85. The van der Waals surface area contributed by atoms with E-state index in [4.69, 9.17) is 21.3 Å². The highest BCUT2D eigenvalue weighted by atomic mass is 35.5. The van der Waals surface area contributed by atoms with Gasteiger partial charge in [-0.25, -0.2) is 4.98 Å². The molecule has 1 aromatic heterocycles. The van der Waals surface area contributed by atoms with Crippen LogP contribution in [0.5, 0.6) is 0 Å². The van der Waals surface area contributed by atoms with Gasteiger partial charge in [0.2, 0.25) is 0 Å². The SMILES string of the molecule is CC(C)NCc1nc(N2CCCOC(C)C2)ccc1Cl. The Bertz CT molecular complexity index is 439. The Morgan fingerprint density at radius 1 is 1.50 bits per heavy atom. The first-order valence-electron chi connectivity index (χ1n) is 7.31. The van der Waals surface area contributed by atoms with E-state index in [0.717, 1.165) is 42.7 Å². The lowest BCUT2D eigenvalue weighted by atomic mass is 10.3. The Morgan fingerprint density at radius 3 is 3.05 bits per heavy atom. The van der Waals surface area contributed by atoms with Crippen LogP contribution < -0.4 is 10.2 Å². The van der Waals surface area contributed by atoms with Gasteiger partial charge in [0.05, 0.1) is 16.8 Å². The van der Waals surface area contributed by atoms with Crippen LogP contribution in [0.4, 0.5) is 5.82 Å². The monoisotopic (exact) mass is 297 g/mol. The minimum absolute atomic E-state index is 0.243. The molecule has 1 N–H and O–H groups in total. The van der Waals surface area contributed by atoms with Gasteiger partial charge in [0.25, 0.3) is 0 Å². The average molecular weight is 298 g/mol. The van der Waals surface area contributed by atoms with Crippen LogP contribution in [0.15, 0.2) is 12.1 Å². The fraction of sp³-hybridized carbons (Fsp3) is 0.667. The van der Waals surface area contributed by atoms with Crippen molar-refractivity contribution in [2.45, 2.75) is 45.9 Å². The van der Waals surface area contributed by atoms with E-state index < -0.39 is 0 Å². The van der Waals surface area contributed by atoms with Crippen LogP contribution in [0.1, 0.15) is 32.9 Å². The van der Waals surface area contributed by atoms with Crippen LogP contribution in [0.25, 0.3) is 0 Å². The summed E-state index contributed by atoms with van der Waals surface area (Å²) in [6.07, 6.45) is 1.28. The number of ether oxygens (including phenoxy) is 1. The molecule has 20 heavy (non-hydrogen) atoms. The maximum atomic E-state index is 6.23. The van der Waals surface area contributed by atoms with Crippen molar-refractivity contribution < 1.29 is 4.74 Å². The van der Waals surface area contributed by atoms with E-state index in [1.165, 1.54) is 0 Å². The van der Waals surface area contributed by atoms with Gasteiger partial charge >= 0.3 is 0 Å². The van der Waals surface area contributed by atoms with Gasteiger partial charge in [0.1, 0.15) is 5.82 Å². The van der Waals surface area contributed by atoms with Gasteiger partial charge in [-0.3, -0.25) is 0 Å². The van der Waals surface area contributed by atoms with Crippen LogP contribution in [0, 0.1) is 0 Å². The van der Waals surface area contributed by atoms with Gasteiger partial charge in [-0.15, -0.1) is 0 Å². The summed E-state index contributed by atoms with van der Waals surface area (Å²) in [7, 11) is 0. The second-order valence-electron chi connectivity index (χ2n) is 5.61. The van der Waals surface area contributed by atoms with Crippen LogP contribution in [0.3, 0.4) is 0 Å². The normalized spacial score (nSPS) is 20.2. The quantitative estimate of drug-likeness (QED) is 0.927. The summed E-state index contributed by atoms with van der Waals surface area (Å²) in [6, 6.07) is 4.36. The van der Waals surface area contributed by atoms with Gasteiger partial charge in [0, 0.05) is 32.3 Å². The first-order valence-corrected chi connectivity index (χ1v) is 7.69. The van der Waals surface area contributed by atoms with Crippen molar-refractivity contribution in [2.75, 3.05) is 24.6 Å². The first-order chi connectivity index (χ1) is 9.56. The second-order valence-corrected chi connectivity index (χ2v) is 6.02. The second kappa shape index (κ2) is 7.25. The van der Waals surface area contributed by atoms with E-state index in [-0.39, 0.29) is 6.10 Å². The minimum atomic E-state index is 0.243. The summed E-state index contributed by atoms with van der Waals surface area (Å²) in [5.41, 5.74) is 0.913. The van der Waals surface area contributed by atoms with Crippen molar-refractivity contribution in [3.63, 3.8) is 0 Å². The topological polar surface area (TPSA) is 37.4 Å². The van der Waals surface area contributed by atoms with E-state index in [1.54, 1.807) is 0 Å². The number of anilines is 1. The number of hydrogen-bond donors (Lipinski definition) is 1. The molecular weight excluding hydrogens is 274 g/mol. The molecule has 2 heterocycles. The van der Waals surface area contributed by atoms with Gasteiger partial charge in [-0.05, 0) is 25.5 Å². The lowest BCUT2D eigenvalue weighted by Gasteiger charge is -2.24.